The number of ether oxygens (including phenoxy) is 2. The maximum absolute atomic E-state index is 6.07. The molecule has 0 aliphatic carbocycles. The number of nitrogens with zero attached hydrogens (tertiary/aromatic N) is 2. The van der Waals surface area contributed by atoms with Crippen molar-refractivity contribution < 1.29 is 9.47 Å². The molecule has 29 heavy (non-hydrogen) atoms. The van der Waals surface area contributed by atoms with Gasteiger partial charge in [0.1, 0.15) is 19.0 Å². The van der Waals surface area contributed by atoms with E-state index in [9.17, 15) is 0 Å². The summed E-state index contributed by atoms with van der Waals surface area (Å²) < 4.78 is 12.0. The molecular weight excluding hydrogens is 382 g/mol. The van der Waals surface area contributed by atoms with E-state index in [1.54, 1.807) is 6.20 Å². The summed E-state index contributed by atoms with van der Waals surface area (Å²) in [5.74, 6) is 1.88. The van der Waals surface area contributed by atoms with Gasteiger partial charge in [-0.2, -0.15) is 0 Å². The van der Waals surface area contributed by atoms with Crippen LogP contribution in [0, 0.1) is 6.92 Å². The summed E-state index contributed by atoms with van der Waals surface area (Å²) in [6, 6.07) is 21.9. The normalized spacial score (nSPS) is 10.5. The second kappa shape index (κ2) is 9.21. The highest BCUT2D eigenvalue weighted by Gasteiger charge is 2.11. The van der Waals surface area contributed by atoms with Crippen LogP contribution in [0.3, 0.4) is 0 Å². The van der Waals surface area contributed by atoms with E-state index < -0.39 is 0 Å². The summed E-state index contributed by atoms with van der Waals surface area (Å²) in [6.45, 7) is 2.87. The van der Waals surface area contributed by atoms with Crippen LogP contribution in [-0.4, -0.2) is 9.97 Å². The molecule has 0 fully saturated rings. The second-order valence-electron chi connectivity index (χ2n) is 6.49. The van der Waals surface area contributed by atoms with Gasteiger partial charge in [-0.1, -0.05) is 60.7 Å². The minimum Gasteiger partial charge on any atom is -0.487 e. The molecule has 4 aromatic rings. The van der Waals surface area contributed by atoms with Gasteiger partial charge in [-0.3, -0.25) is 0 Å². The lowest BCUT2D eigenvalue weighted by molar-refractivity contribution is 0.289. The number of thiazole rings is 1. The fraction of sp³-hybridized carbons (Fsp3) is 0.130. The molecular formula is C23H21N3O2S. The Balaban J connectivity index is 1.52. The van der Waals surface area contributed by atoms with Gasteiger partial charge >= 0.3 is 0 Å². The molecule has 146 valence electrons. The van der Waals surface area contributed by atoms with Crippen molar-refractivity contribution >= 4 is 22.3 Å². The first kappa shape index (κ1) is 19.0. The van der Waals surface area contributed by atoms with E-state index in [1.165, 1.54) is 11.3 Å². The van der Waals surface area contributed by atoms with Crippen LogP contribution in [-0.2, 0) is 13.2 Å². The lowest BCUT2D eigenvalue weighted by Crippen LogP contribution is -2.03. The molecule has 2 heterocycles. The van der Waals surface area contributed by atoms with Crippen molar-refractivity contribution in [3.63, 3.8) is 0 Å². The molecule has 0 aliphatic heterocycles. The molecule has 0 saturated carbocycles. The largest absolute Gasteiger partial charge is 0.487 e. The number of anilines is 2. The zero-order chi connectivity index (χ0) is 19.9. The topological polar surface area (TPSA) is 56.3 Å². The second-order valence-corrected chi connectivity index (χ2v) is 7.34. The third-order valence-corrected chi connectivity index (χ3v) is 5.03. The lowest BCUT2D eigenvalue weighted by atomic mass is 10.2. The molecule has 0 aliphatic rings. The molecule has 6 heteroatoms. The number of hydrogen-bond donors (Lipinski definition) is 1. The molecule has 0 saturated heterocycles. The van der Waals surface area contributed by atoms with E-state index in [4.69, 9.17) is 9.47 Å². The lowest BCUT2D eigenvalue weighted by Gasteiger charge is -2.13. The number of pyridine rings is 1. The van der Waals surface area contributed by atoms with Crippen molar-refractivity contribution in [3.8, 4) is 11.5 Å². The van der Waals surface area contributed by atoms with Gasteiger partial charge in [0.15, 0.2) is 16.7 Å². The number of nitrogens with one attached hydrogen (secondary N) is 1. The molecule has 5 nitrogen and oxygen atoms in total. The van der Waals surface area contributed by atoms with Crippen LogP contribution in [0.1, 0.15) is 16.8 Å². The fourth-order valence-electron chi connectivity index (χ4n) is 2.70. The Bertz CT molecular complexity index is 1050. The molecule has 0 radical (unpaired) electrons. The Labute approximate surface area is 174 Å². The molecule has 2 aromatic carbocycles. The summed E-state index contributed by atoms with van der Waals surface area (Å²) in [7, 11) is 0. The van der Waals surface area contributed by atoms with Crippen molar-refractivity contribution in [1.82, 2.24) is 9.97 Å². The predicted octanol–water partition coefficient (Wildman–Crippen LogP) is 5.75. The van der Waals surface area contributed by atoms with Crippen LogP contribution in [0.5, 0.6) is 11.5 Å². The van der Waals surface area contributed by atoms with Gasteiger partial charge in [-0.15, -0.1) is 11.3 Å². The smallest absolute Gasteiger partial charge is 0.188 e. The number of rotatable bonds is 8. The van der Waals surface area contributed by atoms with Gasteiger partial charge in [0.05, 0.1) is 11.9 Å². The predicted molar refractivity (Wildman–Crippen MR) is 116 cm³/mol. The zero-order valence-corrected chi connectivity index (χ0v) is 16.9. The van der Waals surface area contributed by atoms with Crippen molar-refractivity contribution in [2.45, 2.75) is 20.1 Å². The van der Waals surface area contributed by atoms with Crippen LogP contribution in [0.25, 0.3) is 0 Å². The molecule has 0 bridgehead atoms. The van der Waals surface area contributed by atoms with E-state index in [0.29, 0.717) is 30.5 Å². The van der Waals surface area contributed by atoms with Crippen molar-refractivity contribution in [1.29, 1.82) is 0 Å². The summed E-state index contributed by atoms with van der Waals surface area (Å²) in [5, 5.41) is 6.01. The van der Waals surface area contributed by atoms with Crippen LogP contribution in [0.15, 0.2) is 78.3 Å². The van der Waals surface area contributed by atoms with Crippen molar-refractivity contribution in [2.24, 2.45) is 0 Å². The van der Waals surface area contributed by atoms with Gasteiger partial charge < -0.3 is 14.8 Å². The van der Waals surface area contributed by atoms with Crippen LogP contribution in [0.4, 0.5) is 10.9 Å². The summed E-state index contributed by atoms with van der Waals surface area (Å²) >= 11 is 1.53. The number of benzene rings is 2. The molecule has 0 unspecified atom stereocenters. The first-order valence-electron chi connectivity index (χ1n) is 9.29. The van der Waals surface area contributed by atoms with E-state index in [2.05, 4.69) is 15.3 Å². The zero-order valence-electron chi connectivity index (χ0n) is 16.0. The quantitative estimate of drug-likeness (QED) is 0.406. The van der Waals surface area contributed by atoms with E-state index in [0.717, 1.165) is 22.0 Å². The minimum atomic E-state index is 0.441. The Morgan fingerprint density at radius 2 is 1.55 bits per heavy atom. The standard InChI is InChI=1S/C23H21N3O2S/c1-17-16-29-23(25-17)26-22-21(28-15-19-10-6-3-7-11-19)12-20(13-24-22)27-14-18-8-4-2-5-9-18/h2-13,16H,14-15H2,1H3,(H,24,25,26). The Hall–Kier alpha value is -3.38. The van der Waals surface area contributed by atoms with Crippen molar-refractivity contribution in [3.05, 3.63) is 95.1 Å². The summed E-state index contributed by atoms with van der Waals surface area (Å²) in [5.41, 5.74) is 3.14. The Morgan fingerprint density at radius 3 is 2.17 bits per heavy atom. The SMILES string of the molecule is Cc1csc(Nc2ncc(OCc3ccccc3)cc2OCc2ccccc2)n1. The maximum atomic E-state index is 6.07. The Kier molecular flexibility index (Phi) is 6.02. The van der Waals surface area contributed by atoms with E-state index in [-0.39, 0.29) is 0 Å². The van der Waals surface area contributed by atoms with E-state index >= 15 is 0 Å². The van der Waals surface area contributed by atoms with Gasteiger partial charge in [-0.05, 0) is 18.1 Å². The van der Waals surface area contributed by atoms with Crippen molar-refractivity contribution in [2.75, 3.05) is 5.32 Å². The molecule has 0 spiro atoms. The fourth-order valence-corrected chi connectivity index (χ4v) is 3.39. The average Bonchev–Trinajstić information content (AvgIpc) is 3.18. The third-order valence-electron chi connectivity index (χ3n) is 4.16. The van der Waals surface area contributed by atoms with Gasteiger partial charge in [0, 0.05) is 11.4 Å². The maximum Gasteiger partial charge on any atom is 0.188 e. The van der Waals surface area contributed by atoms with Crippen LogP contribution < -0.4 is 14.8 Å². The first-order valence-corrected chi connectivity index (χ1v) is 10.2. The first-order chi connectivity index (χ1) is 14.3. The molecule has 2 aromatic heterocycles. The highest BCUT2D eigenvalue weighted by Crippen LogP contribution is 2.31. The van der Waals surface area contributed by atoms with Gasteiger partial charge in [-0.25, -0.2) is 9.97 Å². The number of hydrogen-bond acceptors (Lipinski definition) is 6. The average molecular weight is 404 g/mol. The molecule has 1 N–H and O–H groups in total. The van der Waals surface area contributed by atoms with Crippen LogP contribution in [0.2, 0.25) is 0 Å². The van der Waals surface area contributed by atoms with E-state index in [1.807, 2.05) is 79.0 Å². The highest BCUT2D eigenvalue weighted by atomic mass is 32.1. The number of aryl methyl sites for hydroxylation is 1. The summed E-state index contributed by atoms with van der Waals surface area (Å²) in [4.78, 5) is 8.96. The Morgan fingerprint density at radius 1 is 0.897 bits per heavy atom. The third kappa shape index (κ3) is 5.33. The summed E-state index contributed by atoms with van der Waals surface area (Å²) in [6.07, 6.45) is 1.70. The van der Waals surface area contributed by atoms with Gasteiger partial charge in [0.2, 0.25) is 0 Å². The highest BCUT2D eigenvalue weighted by molar-refractivity contribution is 7.13. The number of aromatic nitrogens is 2. The molecule has 0 atom stereocenters. The molecule has 0 amide bonds. The monoisotopic (exact) mass is 403 g/mol. The minimum absolute atomic E-state index is 0.441. The molecule has 4 rings (SSSR count). The van der Waals surface area contributed by atoms with Gasteiger partial charge in [0.25, 0.3) is 0 Å². The van der Waals surface area contributed by atoms with Crippen LogP contribution >= 0.6 is 11.3 Å².